The smallest absolute Gasteiger partial charge is 0.163 e. The van der Waals surface area contributed by atoms with Gasteiger partial charge in [0.15, 0.2) is 11.5 Å². The van der Waals surface area contributed by atoms with Crippen LogP contribution >= 0.6 is 11.6 Å². The normalized spacial score (nSPS) is 10.5. The van der Waals surface area contributed by atoms with Gasteiger partial charge in [0, 0.05) is 11.6 Å². The van der Waals surface area contributed by atoms with E-state index in [9.17, 15) is 9.50 Å². The molecule has 0 aliphatic heterocycles. The zero-order valence-corrected chi connectivity index (χ0v) is 9.85. The Bertz CT molecular complexity index is 371. The fourth-order valence-corrected chi connectivity index (χ4v) is 1.69. The number of ether oxygens (including phenoxy) is 1. The molecule has 16 heavy (non-hydrogen) atoms. The Kier molecular flexibility index (Phi) is 4.83. The predicted molar refractivity (Wildman–Crippen MR) is 61.6 cm³/mol. The molecule has 0 amide bonds. The zero-order valence-electron chi connectivity index (χ0n) is 9.09. The van der Waals surface area contributed by atoms with E-state index in [1.165, 1.54) is 13.2 Å². The molecule has 1 aromatic carbocycles. The van der Waals surface area contributed by atoms with Crippen LogP contribution in [0.15, 0.2) is 6.07 Å². The van der Waals surface area contributed by atoms with E-state index < -0.39 is 5.82 Å². The third kappa shape index (κ3) is 2.77. The van der Waals surface area contributed by atoms with E-state index in [0.717, 1.165) is 6.42 Å². The number of phenols is 1. The first-order chi connectivity index (χ1) is 7.61. The Morgan fingerprint density at radius 2 is 2.19 bits per heavy atom. The van der Waals surface area contributed by atoms with E-state index in [0.29, 0.717) is 19.4 Å². The summed E-state index contributed by atoms with van der Waals surface area (Å²) in [5.41, 5.74) is 5.54. The quantitative estimate of drug-likeness (QED) is 0.786. The van der Waals surface area contributed by atoms with Gasteiger partial charge in [-0.3, -0.25) is 0 Å². The summed E-state index contributed by atoms with van der Waals surface area (Å²) < 4.78 is 18.5. The Hall–Kier alpha value is -1.00. The van der Waals surface area contributed by atoms with Crippen molar-refractivity contribution < 1.29 is 14.2 Å². The molecule has 3 N–H and O–H groups in total. The second-order valence-electron chi connectivity index (χ2n) is 3.45. The predicted octanol–water partition coefficient (Wildman–Crippen LogP) is 2.47. The molecule has 0 aliphatic rings. The summed E-state index contributed by atoms with van der Waals surface area (Å²) in [6.07, 6.45) is 1.87. The monoisotopic (exact) mass is 247 g/mol. The van der Waals surface area contributed by atoms with Gasteiger partial charge in [0.1, 0.15) is 5.82 Å². The van der Waals surface area contributed by atoms with E-state index in [2.05, 4.69) is 0 Å². The van der Waals surface area contributed by atoms with Gasteiger partial charge >= 0.3 is 0 Å². The number of hydrogen-bond donors (Lipinski definition) is 2. The molecule has 0 radical (unpaired) electrons. The minimum absolute atomic E-state index is 0.0441. The summed E-state index contributed by atoms with van der Waals surface area (Å²) in [7, 11) is 1.40. The van der Waals surface area contributed by atoms with Crippen molar-refractivity contribution in [1.82, 2.24) is 0 Å². The molecule has 1 rings (SSSR count). The Labute approximate surface area is 99.0 Å². The van der Waals surface area contributed by atoms with Crippen LogP contribution < -0.4 is 10.5 Å². The SMILES string of the molecule is COc1cc(Cl)c(F)c(CCCCN)c1O. The standard InChI is InChI=1S/C11H15ClFNO2/c1-16-9-6-8(12)10(13)7(11(9)15)4-2-3-5-14/h6,15H,2-5,14H2,1H3. The Morgan fingerprint density at radius 1 is 1.50 bits per heavy atom. The second kappa shape index (κ2) is 5.92. The van der Waals surface area contributed by atoms with Crippen molar-refractivity contribution >= 4 is 11.6 Å². The highest BCUT2D eigenvalue weighted by Crippen LogP contribution is 2.36. The first-order valence-electron chi connectivity index (χ1n) is 5.05. The molecule has 0 aromatic heterocycles. The van der Waals surface area contributed by atoms with Crippen LogP contribution in [-0.4, -0.2) is 18.8 Å². The molecular formula is C11H15ClFNO2. The summed E-state index contributed by atoms with van der Waals surface area (Å²) in [6, 6.07) is 1.26. The largest absolute Gasteiger partial charge is 0.504 e. The molecule has 1 aromatic rings. The molecule has 0 saturated carbocycles. The number of nitrogens with two attached hydrogens (primary N) is 1. The lowest BCUT2D eigenvalue weighted by atomic mass is 10.1. The van der Waals surface area contributed by atoms with E-state index in [4.69, 9.17) is 22.1 Å². The summed E-state index contributed by atoms with van der Waals surface area (Å²) >= 11 is 5.69. The van der Waals surface area contributed by atoms with Crippen LogP contribution in [0.3, 0.4) is 0 Å². The van der Waals surface area contributed by atoms with Crippen molar-refractivity contribution in [3.05, 3.63) is 22.5 Å². The van der Waals surface area contributed by atoms with Crippen LogP contribution in [0, 0.1) is 5.82 Å². The fourth-order valence-electron chi connectivity index (χ4n) is 1.47. The summed E-state index contributed by atoms with van der Waals surface area (Å²) in [4.78, 5) is 0. The lowest BCUT2D eigenvalue weighted by Gasteiger charge is -2.11. The number of halogens is 2. The van der Waals surface area contributed by atoms with Crippen molar-refractivity contribution in [3.8, 4) is 11.5 Å². The Morgan fingerprint density at radius 3 is 2.75 bits per heavy atom. The first kappa shape index (κ1) is 13.1. The number of benzene rings is 1. The van der Waals surface area contributed by atoms with E-state index in [1.54, 1.807) is 0 Å². The van der Waals surface area contributed by atoms with E-state index >= 15 is 0 Å². The number of hydrogen-bond acceptors (Lipinski definition) is 3. The third-order valence-corrected chi connectivity index (χ3v) is 2.63. The molecule has 0 atom stereocenters. The number of methoxy groups -OCH3 is 1. The molecule has 0 aliphatic carbocycles. The molecule has 0 saturated heterocycles. The maximum atomic E-state index is 13.6. The maximum Gasteiger partial charge on any atom is 0.163 e. The molecule has 3 nitrogen and oxygen atoms in total. The van der Waals surface area contributed by atoms with Gasteiger partial charge in [0.05, 0.1) is 12.1 Å². The van der Waals surface area contributed by atoms with Gasteiger partial charge in [-0.1, -0.05) is 11.6 Å². The van der Waals surface area contributed by atoms with Crippen LogP contribution in [-0.2, 0) is 6.42 Å². The average Bonchev–Trinajstić information content (AvgIpc) is 2.28. The van der Waals surface area contributed by atoms with Gasteiger partial charge in [0.2, 0.25) is 0 Å². The molecule has 0 unspecified atom stereocenters. The maximum absolute atomic E-state index is 13.6. The van der Waals surface area contributed by atoms with Gasteiger partial charge in [0.25, 0.3) is 0 Å². The molecular weight excluding hydrogens is 233 g/mol. The van der Waals surface area contributed by atoms with Crippen molar-refractivity contribution in [3.63, 3.8) is 0 Å². The average molecular weight is 248 g/mol. The zero-order chi connectivity index (χ0) is 12.1. The molecule has 0 heterocycles. The summed E-state index contributed by atoms with van der Waals surface area (Å²) in [5.74, 6) is -0.576. The van der Waals surface area contributed by atoms with Crippen molar-refractivity contribution in [1.29, 1.82) is 0 Å². The van der Waals surface area contributed by atoms with Crippen LogP contribution in [0.1, 0.15) is 18.4 Å². The highest BCUT2D eigenvalue weighted by molar-refractivity contribution is 6.31. The minimum atomic E-state index is -0.586. The van der Waals surface area contributed by atoms with Crippen LogP contribution in [0.5, 0.6) is 11.5 Å². The number of phenolic OH excluding ortho intramolecular Hbond substituents is 1. The van der Waals surface area contributed by atoms with Gasteiger partial charge in [-0.25, -0.2) is 4.39 Å². The van der Waals surface area contributed by atoms with Gasteiger partial charge < -0.3 is 15.6 Å². The highest BCUT2D eigenvalue weighted by atomic mass is 35.5. The summed E-state index contributed by atoms with van der Waals surface area (Å²) in [6.45, 7) is 0.542. The minimum Gasteiger partial charge on any atom is -0.504 e. The number of aromatic hydroxyl groups is 1. The highest BCUT2D eigenvalue weighted by Gasteiger charge is 2.16. The lowest BCUT2D eigenvalue weighted by Crippen LogP contribution is -2.01. The first-order valence-corrected chi connectivity index (χ1v) is 5.43. The van der Waals surface area contributed by atoms with Crippen LogP contribution in [0.25, 0.3) is 0 Å². The third-order valence-electron chi connectivity index (χ3n) is 2.35. The van der Waals surface area contributed by atoms with Crippen molar-refractivity contribution in [2.75, 3.05) is 13.7 Å². The molecule has 5 heteroatoms. The van der Waals surface area contributed by atoms with Gasteiger partial charge in [-0.15, -0.1) is 0 Å². The van der Waals surface area contributed by atoms with Crippen LogP contribution in [0.2, 0.25) is 5.02 Å². The van der Waals surface area contributed by atoms with Crippen LogP contribution in [0.4, 0.5) is 4.39 Å². The molecule has 0 spiro atoms. The van der Waals surface area contributed by atoms with Crippen molar-refractivity contribution in [2.24, 2.45) is 5.73 Å². The molecule has 0 bridgehead atoms. The molecule has 90 valence electrons. The fraction of sp³-hybridized carbons (Fsp3) is 0.455. The number of unbranched alkanes of at least 4 members (excludes halogenated alkanes) is 1. The van der Waals surface area contributed by atoms with E-state index in [-0.39, 0.29) is 22.1 Å². The number of rotatable bonds is 5. The van der Waals surface area contributed by atoms with E-state index in [1.807, 2.05) is 0 Å². The van der Waals surface area contributed by atoms with Gasteiger partial charge in [-0.05, 0) is 25.8 Å². The summed E-state index contributed by atoms with van der Waals surface area (Å²) in [5, 5.41) is 9.69. The molecule has 0 fully saturated rings. The van der Waals surface area contributed by atoms with Gasteiger partial charge in [-0.2, -0.15) is 0 Å². The topological polar surface area (TPSA) is 55.5 Å². The lowest BCUT2D eigenvalue weighted by molar-refractivity contribution is 0.366. The van der Waals surface area contributed by atoms with Crippen molar-refractivity contribution in [2.45, 2.75) is 19.3 Å². The Balaban J connectivity index is 3.00. The second-order valence-corrected chi connectivity index (χ2v) is 3.85.